The zero-order valence-electron chi connectivity index (χ0n) is 7.80. The van der Waals surface area contributed by atoms with Crippen LogP contribution in [0.4, 0.5) is 0 Å². The molecular formula is C9H13ClN2S. The molecule has 0 atom stereocenters. The third-order valence-corrected chi connectivity index (χ3v) is 4.25. The predicted molar refractivity (Wildman–Crippen MR) is 56.3 cm³/mol. The largest absolute Gasteiger partial charge is 0.325 e. The highest BCUT2D eigenvalue weighted by molar-refractivity contribution is 7.15. The first kappa shape index (κ1) is 9.44. The van der Waals surface area contributed by atoms with E-state index in [4.69, 9.17) is 17.3 Å². The summed E-state index contributed by atoms with van der Waals surface area (Å²) in [6, 6.07) is 0. The van der Waals surface area contributed by atoms with Crippen molar-refractivity contribution in [3.8, 4) is 0 Å². The van der Waals surface area contributed by atoms with Gasteiger partial charge in [-0.3, -0.25) is 0 Å². The number of nitrogens with two attached hydrogens (primary N) is 1. The highest BCUT2D eigenvalue weighted by Crippen LogP contribution is 2.56. The number of aromatic nitrogens is 1. The summed E-state index contributed by atoms with van der Waals surface area (Å²) in [6.07, 6.45) is 4.19. The van der Waals surface area contributed by atoms with Gasteiger partial charge in [-0.15, -0.1) is 11.3 Å². The maximum Gasteiger partial charge on any atom is 0.183 e. The molecule has 0 bridgehead atoms. The van der Waals surface area contributed by atoms with Gasteiger partial charge in [0, 0.05) is 22.0 Å². The lowest BCUT2D eigenvalue weighted by atomic mass is 9.84. The van der Waals surface area contributed by atoms with Crippen molar-refractivity contribution in [2.45, 2.75) is 37.6 Å². The first-order chi connectivity index (χ1) is 5.96. The van der Waals surface area contributed by atoms with E-state index < -0.39 is 0 Å². The summed E-state index contributed by atoms with van der Waals surface area (Å²) in [5, 5.41) is 0. The summed E-state index contributed by atoms with van der Waals surface area (Å²) in [4.78, 5) is 5.31. The minimum atomic E-state index is -0.164. The van der Waals surface area contributed by atoms with Crippen molar-refractivity contribution in [3.63, 3.8) is 0 Å². The number of nitrogens with zero attached hydrogens (tertiary/aromatic N) is 1. The SMILES string of the molecule is CC(C)(N)C1(c2cnc(Cl)s2)CC1. The van der Waals surface area contributed by atoms with Crippen LogP contribution in [0.25, 0.3) is 0 Å². The van der Waals surface area contributed by atoms with Gasteiger partial charge < -0.3 is 5.73 Å². The minimum absolute atomic E-state index is 0.151. The molecule has 2 N–H and O–H groups in total. The van der Waals surface area contributed by atoms with Crippen LogP contribution in [0, 0.1) is 0 Å². The van der Waals surface area contributed by atoms with Crippen molar-refractivity contribution in [2.24, 2.45) is 5.73 Å². The molecule has 2 nitrogen and oxygen atoms in total. The zero-order chi connectivity index (χ0) is 9.69. The van der Waals surface area contributed by atoms with E-state index in [1.165, 1.54) is 4.88 Å². The molecule has 0 spiro atoms. The van der Waals surface area contributed by atoms with E-state index in [-0.39, 0.29) is 11.0 Å². The molecule has 0 amide bonds. The van der Waals surface area contributed by atoms with Gasteiger partial charge in [0.1, 0.15) is 0 Å². The number of hydrogen-bond acceptors (Lipinski definition) is 3. The van der Waals surface area contributed by atoms with Gasteiger partial charge in [-0.2, -0.15) is 0 Å². The maximum absolute atomic E-state index is 6.15. The highest BCUT2D eigenvalue weighted by atomic mass is 35.5. The Bertz CT molecular complexity index is 323. The Morgan fingerprint density at radius 3 is 2.54 bits per heavy atom. The van der Waals surface area contributed by atoms with Gasteiger partial charge in [0.05, 0.1) is 0 Å². The molecule has 72 valence electrons. The number of rotatable bonds is 2. The van der Waals surface area contributed by atoms with Gasteiger partial charge in [0.2, 0.25) is 0 Å². The fraction of sp³-hybridized carbons (Fsp3) is 0.667. The number of halogens is 1. The summed E-state index contributed by atoms with van der Waals surface area (Å²) >= 11 is 7.37. The molecule has 1 heterocycles. The summed E-state index contributed by atoms with van der Waals surface area (Å²) < 4.78 is 0.616. The molecule has 0 aliphatic heterocycles. The average molecular weight is 217 g/mol. The van der Waals surface area contributed by atoms with Crippen molar-refractivity contribution >= 4 is 22.9 Å². The molecule has 0 saturated heterocycles. The summed E-state index contributed by atoms with van der Waals surface area (Å²) in [5.74, 6) is 0. The Morgan fingerprint density at radius 1 is 1.62 bits per heavy atom. The van der Waals surface area contributed by atoms with E-state index in [1.54, 1.807) is 11.3 Å². The third-order valence-electron chi connectivity index (χ3n) is 2.93. The molecule has 1 saturated carbocycles. The lowest BCUT2D eigenvalue weighted by Gasteiger charge is -2.29. The molecule has 1 aromatic heterocycles. The van der Waals surface area contributed by atoms with Gasteiger partial charge in [-0.25, -0.2) is 4.98 Å². The molecule has 0 radical (unpaired) electrons. The Hall–Kier alpha value is -0.120. The molecule has 0 unspecified atom stereocenters. The quantitative estimate of drug-likeness (QED) is 0.826. The second kappa shape index (κ2) is 2.69. The predicted octanol–water partition coefficient (Wildman–Crippen LogP) is 2.57. The van der Waals surface area contributed by atoms with Gasteiger partial charge >= 0.3 is 0 Å². The van der Waals surface area contributed by atoms with E-state index in [0.29, 0.717) is 4.47 Å². The molecule has 4 heteroatoms. The monoisotopic (exact) mass is 216 g/mol. The Kier molecular flexibility index (Phi) is 1.95. The van der Waals surface area contributed by atoms with Crippen LogP contribution in [0.2, 0.25) is 4.47 Å². The van der Waals surface area contributed by atoms with Crippen molar-refractivity contribution in [2.75, 3.05) is 0 Å². The molecule has 13 heavy (non-hydrogen) atoms. The van der Waals surface area contributed by atoms with Crippen molar-refractivity contribution < 1.29 is 0 Å². The maximum atomic E-state index is 6.15. The van der Waals surface area contributed by atoms with Crippen molar-refractivity contribution in [3.05, 3.63) is 15.5 Å². The van der Waals surface area contributed by atoms with E-state index in [1.807, 2.05) is 6.20 Å². The summed E-state index contributed by atoms with van der Waals surface area (Å²) in [7, 11) is 0. The van der Waals surface area contributed by atoms with Crippen LogP contribution in [0.15, 0.2) is 6.20 Å². The Balaban J connectivity index is 2.36. The van der Waals surface area contributed by atoms with Crippen LogP contribution >= 0.6 is 22.9 Å². The fourth-order valence-electron chi connectivity index (χ4n) is 1.81. The van der Waals surface area contributed by atoms with E-state index in [9.17, 15) is 0 Å². The molecule has 1 aromatic rings. The van der Waals surface area contributed by atoms with Gasteiger partial charge in [0.15, 0.2) is 4.47 Å². The zero-order valence-corrected chi connectivity index (χ0v) is 9.37. The molecule has 1 aliphatic carbocycles. The smallest absolute Gasteiger partial charge is 0.183 e. The van der Waals surface area contributed by atoms with Crippen LogP contribution in [0.1, 0.15) is 31.6 Å². The normalized spacial score (nSPS) is 20.3. The van der Waals surface area contributed by atoms with E-state index >= 15 is 0 Å². The van der Waals surface area contributed by atoms with Gasteiger partial charge in [-0.1, -0.05) is 11.6 Å². The highest BCUT2D eigenvalue weighted by Gasteiger charge is 2.54. The van der Waals surface area contributed by atoms with Crippen LogP contribution in [0.5, 0.6) is 0 Å². The van der Waals surface area contributed by atoms with Gasteiger partial charge in [-0.05, 0) is 26.7 Å². The van der Waals surface area contributed by atoms with Crippen LogP contribution < -0.4 is 5.73 Å². The van der Waals surface area contributed by atoms with E-state index in [2.05, 4.69) is 18.8 Å². The second-order valence-corrected chi connectivity index (χ2v) is 5.89. The minimum Gasteiger partial charge on any atom is -0.325 e. The molecule has 0 aromatic carbocycles. The molecule has 1 aliphatic rings. The summed E-state index contributed by atoms with van der Waals surface area (Å²) in [5.41, 5.74) is 6.14. The van der Waals surface area contributed by atoms with Crippen LogP contribution in [-0.4, -0.2) is 10.5 Å². The summed E-state index contributed by atoms with van der Waals surface area (Å²) in [6.45, 7) is 4.15. The molecule has 1 fully saturated rings. The Labute approximate surface area is 87.1 Å². The topological polar surface area (TPSA) is 38.9 Å². The lowest BCUT2D eigenvalue weighted by molar-refractivity contribution is 0.396. The van der Waals surface area contributed by atoms with E-state index in [0.717, 1.165) is 12.8 Å². The second-order valence-electron chi connectivity index (χ2n) is 4.28. The molecule has 2 rings (SSSR count). The lowest BCUT2D eigenvalue weighted by Crippen LogP contribution is -2.44. The molecular weight excluding hydrogens is 204 g/mol. The first-order valence-corrected chi connectivity index (χ1v) is 5.56. The fourth-order valence-corrected chi connectivity index (χ4v) is 3.16. The van der Waals surface area contributed by atoms with Crippen molar-refractivity contribution in [1.29, 1.82) is 0 Å². The Morgan fingerprint density at radius 2 is 2.23 bits per heavy atom. The van der Waals surface area contributed by atoms with Crippen LogP contribution in [0.3, 0.4) is 0 Å². The first-order valence-electron chi connectivity index (χ1n) is 4.36. The number of hydrogen-bond donors (Lipinski definition) is 1. The van der Waals surface area contributed by atoms with Gasteiger partial charge in [0.25, 0.3) is 0 Å². The van der Waals surface area contributed by atoms with Crippen LogP contribution in [-0.2, 0) is 5.41 Å². The number of thiazole rings is 1. The average Bonchev–Trinajstić information content (AvgIpc) is 2.70. The third kappa shape index (κ3) is 1.39. The van der Waals surface area contributed by atoms with Crippen molar-refractivity contribution in [1.82, 2.24) is 4.98 Å². The standard InChI is InChI=1S/C9H13ClN2S/c1-8(2,11)9(3-4-9)6-5-12-7(10)13-6/h5H,3-4,11H2,1-2H3.